The molecule has 0 bridgehead atoms. The van der Waals surface area contributed by atoms with Crippen LogP contribution in [0.25, 0.3) is 0 Å². The summed E-state index contributed by atoms with van der Waals surface area (Å²) in [5.74, 6) is -3.99. The molecule has 0 atom stereocenters. The Morgan fingerprint density at radius 1 is 1.44 bits per heavy atom. The number of nitriles is 1. The molecule has 1 heterocycles. The van der Waals surface area contributed by atoms with Crippen molar-refractivity contribution >= 4 is 16.8 Å². The molecule has 0 N–H and O–H groups in total. The Morgan fingerprint density at radius 2 is 2.00 bits per heavy atom. The predicted octanol–water partition coefficient (Wildman–Crippen LogP) is 1.94. The number of hydrogen-bond acceptors (Lipinski definition) is 4. The van der Waals surface area contributed by atoms with Gasteiger partial charge in [0.15, 0.2) is 5.76 Å². The maximum atomic E-state index is 13.2. The van der Waals surface area contributed by atoms with Crippen LogP contribution in [0.3, 0.4) is 0 Å². The second-order valence-corrected chi connectivity index (χ2v) is 5.06. The summed E-state index contributed by atoms with van der Waals surface area (Å²) >= 11 is 0. The lowest BCUT2D eigenvalue weighted by Crippen LogP contribution is -2.35. The van der Waals surface area contributed by atoms with Gasteiger partial charge in [-0.15, -0.1) is 0 Å². The monoisotopic (exact) mass is 289 g/mol. The Morgan fingerprint density at radius 3 is 2.39 bits per heavy atom. The molecule has 1 aliphatic heterocycles. The van der Waals surface area contributed by atoms with E-state index in [-0.39, 0.29) is 6.32 Å². The van der Waals surface area contributed by atoms with Crippen LogP contribution in [0.4, 0.5) is 22.0 Å². The Hall–Kier alpha value is -1.31. The fourth-order valence-corrected chi connectivity index (χ4v) is 1.77. The molecular weight excluding hydrogens is 284 g/mol. The summed E-state index contributed by atoms with van der Waals surface area (Å²) in [4.78, 5) is 0. The lowest BCUT2D eigenvalue weighted by Gasteiger charge is -2.24. The van der Waals surface area contributed by atoms with E-state index < -0.39 is 40.3 Å². The highest BCUT2D eigenvalue weighted by Gasteiger charge is 2.53. The van der Waals surface area contributed by atoms with Gasteiger partial charge in [0.05, 0.1) is 0 Å². The minimum Gasteiger partial charge on any atom is -0.374 e. The zero-order valence-corrected chi connectivity index (χ0v) is 9.36. The summed E-state index contributed by atoms with van der Waals surface area (Å²) in [5, 5.41) is 8.42. The summed E-state index contributed by atoms with van der Waals surface area (Å²) in [6.07, 6.45) is -0.891. The van der Waals surface area contributed by atoms with E-state index in [2.05, 4.69) is 4.18 Å². The second kappa shape index (κ2) is 4.42. The molecule has 0 aromatic rings. The minimum atomic E-state index is -6.12. The topological polar surface area (TPSA) is 67.2 Å². The summed E-state index contributed by atoms with van der Waals surface area (Å²) in [7, 11) is -6.12. The average Bonchev–Trinajstić information content (AvgIpc) is 2.18. The van der Waals surface area contributed by atoms with Crippen molar-refractivity contribution in [1.82, 2.24) is 0 Å². The largest absolute Gasteiger partial charge is 0.534 e. The molecule has 0 saturated heterocycles. The van der Waals surface area contributed by atoms with Crippen LogP contribution in [-0.4, -0.2) is 26.6 Å². The van der Waals surface area contributed by atoms with Crippen molar-refractivity contribution < 1.29 is 34.6 Å². The van der Waals surface area contributed by atoms with Gasteiger partial charge in [-0.25, -0.2) is 5.26 Å². The van der Waals surface area contributed by atoms with Crippen molar-refractivity contribution in [2.75, 3.05) is 0 Å². The molecule has 0 amide bonds. The van der Waals surface area contributed by atoms with Gasteiger partial charge in [0, 0.05) is 12.3 Å². The molecule has 18 heavy (non-hydrogen) atoms. The van der Waals surface area contributed by atoms with Gasteiger partial charge in [-0.05, 0) is 12.4 Å². The quantitative estimate of drug-likeness (QED) is 0.337. The van der Waals surface area contributed by atoms with Gasteiger partial charge in [-0.1, -0.05) is 0 Å². The zero-order chi connectivity index (χ0) is 14.2. The number of alkyl halides is 5. The molecule has 0 aromatic heterocycles. The highest BCUT2D eigenvalue weighted by Crippen LogP contribution is 2.39. The van der Waals surface area contributed by atoms with E-state index in [1.807, 2.05) is 0 Å². The lowest BCUT2D eigenvalue weighted by atomic mass is 9.43. The van der Waals surface area contributed by atoms with Crippen LogP contribution in [-0.2, 0) is 14.3 Å². The van der Waals surface area contributed by atoms with Crippen molar-refractivity contribution in [1.29, 1.82) is 5.26 Å². The van der Waals surface area contributed by atoms with E-state index in [9.17, 15) is 30.4 Å². The summed E-state index contributed by atoms with van der Waals surface area (Å²) in [6, 6.07) is 0. The standard InChI is InChI=1S/C7H5BF5NO3S/c9-6(10)3-8(4-14)2-1-5(6)17-18(15,16)7(11,12)13/h1H,2-3H2. The maximum absolute atomic E-state index is 13.2. The van der Waals surface area contributed by atoms with Crippen LogP contribution < -0.4 is 0 Å². The second-order valence-electron chi connectivity index (χ2n) is 3.52. The van der Waals surface area contributed by atoms with Gasteiger partial charge >= 0.3 is 15.6 Å². The molecule has 0 aliphatic carbocycles. The smallest absolute Gasteiger partial charge is 0.374 e. The van der Waals surface area contributed by atoms with E-state index in [0.29, 0.717) is 6.08 Å². The molecule has 100 valence electrons. The highest BCUT2D eigenvalue weighted by atomic mass is 32.2. The first kappa shape index (κ1) is 14.8. The van der Waals surface area contributed by atoms with Gasteiger partial charge in [0.2, 0.25) is 0 Å². The summed E-state index contributed by atoms with van der Waals surface area (Å²) in [5.41, 5.74) is -5.78. The van der Waals surface area contributed by atoms with Gasteiger partial charge in [0.25, 0.3) is 12.6 Å². The minimum absolute atomic E-state index is 0.297. The predicted molar refractivity (Wildman–Crippen MR) is 50.1 cm³/mol. The number of halogens is 5. The summed E-state index contributed by atoms with van der Waals surface area (Å²) < 4.78 is 86.9. The molecule has 4 nitrogen and oxygen atoms in total. The molecular formula is C7H5BF5NO3S. The molecule has 0 aromatic carbocycles. The Labute approximate surface area is 99.2 Å². The van der Waals surface area contributed by atoms with Crippen molar-refractivity contribution in [2.45, 2.75) is 24.1 Å². The van der Waals surface area contributed by atoms with Crippen LogP contribution in [0.15, 0.2) is 11.8 Å². The van der Waals surface area contributed by atoms with Crippen molar-refractivity contribution in [3.63, 3.8) is 0 Å². The third-order valence-corrected chi connectivity index (χ3v) is 3.08. The number of rotatable bonds is 2. The van der Waals surface area contributed by atoms with Crippen LogP contribution >= 0.6 is 0 Å². The van der Waals surface area contributed by atoms with E-state index in [0.717, 1.165) is 0 Å². The zero-order valence-electron chi connectivity index (χ0n) is 8.54. The Bertz CT molecular complexity index is 506. The highest BCUT2D eigenvalue weighted by molar-refractivity contribution is 7.87. The Kier molecular flexibility index (Phi) is 3.62. The van der Waals surface area contributed by atoms with Crippen LogP contribution in [0.1, 0.15) is 0 Å². The first-order valence-corrected chi connectivity index (χ1v) is 5.89. The van der Waals surface area contributed by atoms with E-state index in [1.165, 1.54) is 5.97 Å². The van der Waals surface area contributed by atoms with Gasteiger partial charge in [-0.3, -0.25) is 0 Å². The molecule has 11 heteroatoms. The van der Waals surface area contributed by atoms with Crippen molar-refractivity contribution in [3.8, 4) is 5.97 Å². The normalized spacial score (nSPS) is 20.0. The summed E-state index contributed by atoms with van der Waals surface area (Å²) in [6.45, 7) is -1.10. The SMILES string of the molecule is N#CB1CC=C(OS(=O)(=O)C(F)(F)F)C(F)(F)C1. The Balaban J connectivity index is 3.00. The van der Waals surface area contributed by atoms with Gasteiger partial charge in [0.1, 0.15) is 0 Å². The number of allylic oxidation sites excluding steroid dienone is 2. The molecule has 0 saturated carbocycles. The maximum Gasteiger partial charge on any atom is 0.534 e. The van der Waals surface area contributed by atoms with Crippen molar-refractivity contribution in [2.24, 2.45) is 0 Å². The third kappa shape index (κ3) is 2.93. The van der Waals surface area contributed by atoms with Crippen LogP contribution in [0, 0.1) is 11.2 Å². The molecule has 0 fully saturated rings. The van der Waals surface area contributed by atoms with Crippen LogP contribution in [0.2, 0.25) is 12.6 Å². The number of nitrogens with zero attached hydrogens (tertiary/aromatic N) is 1. The van der Waals surface area contributed by atoms with Crippen LogP contribution in [0.5, 0.6) is 0 Å². The van der Waals surface area contributed by atoms with E-state index in [1.54, 1.807) is 0 Å². The van der Waals surface area contributed by atoms with Crippen molar-refractivity contribution in [3.05, 3.63) is 11.8 Å². The molecule has 1 rings (SSSR count). The molecule has 0 spiro atoms. The van der Waals surface area contributed by atoms with Gasteiger partial charge < -0.3 is 4.18 Å². The molecule has 1 aliphatic rings. The third-order valence-electron chi connectivity index (χ3n) is 2.12. The van der Waals surface area contributed by atoms with E-state index >= 15 is 0 Å². The van der Waals surface area contributed by atoms with E-state index in [4.69, 9.17) is 5.26 Å². The molecule has 0 unspecified atom stereocenters. The fourth-order valence-electron chi connectivity index (χ4n) is 1.25. The lowest BCUT2D eigenvalue weighted by molar-refractivity contribution is -0.0566. The first-order chi connectivity index (χ1) is 7.99. The fraction of sp³-hybridized carbons (Fsp3) is 0.571. The van der Waals surface area contributed by atoms with Gasteiger partial charge in [-0.2, -0.15) is 30.4 Å². The first-order valence-electron chi connectivity index (χ1n) is 4.48. The average molecular weight is 289 g/mol. The molecule has 0 radical (unpaired) electrons. The number of hydrogen-bond donors (Lipinski definition) is 0.